The molecule has 146 valence electrons. The van der Waals surface area contributed by atoms with E-state index in [1.165, 1.54) is 0 Å². The van der Waals surface area contributed by atoms with Gasteiger partial charge in [0.15, 0.2) is 8.32 Å². The van der Waals surface area contributed by atoms with E-state index in [9.17, 15) is 0 Å². The zero-order valence-electron chi connectivity index (χ0n) is 17.2. The summed E-state index contributed by atoms with van der Waals surface area (Å²) in [5.74, 6) is 0. The third-order valence-corrected chi connectivity index (χ3v) is 9.12. The molecule has 0 aromatic heterocycles. The fourth-order valence-electron chi connectivity index (χ4n) is 1.96. The maximum atomic E-state index is 9.01. The lowest BCUT2D eigenvalue weighted by molar-refractivity contribution is -0.0908. The van der Waals surface area contributed by atoms with Gasteiger partial charge in [0, 0.05) is 7.11 Å². The Morgan fingerprint density at radius 1 is 1.28 bits per heavy atom. The highest BCUT2D eigenvalue weighted by Crippen LogP contribution is 2.38. The number of aliphatic hydroxyl groups is 1. The van der Waals surface area contributed by atoms with Gasteiger partial charge in [-0.3, -0.25) is 0 Å². The zero-order chi connectivity index (χ0) is 19.5. The van der Waals surface area contributed by atoms with Crippen molar-refractivity contribution in [3.8, 4) is 0 Å². The molecule has 2 atom stereocenters. The summed E-state index contributed by atoms with van der Waals surface area (Å²) < 4.78 is 17.4. The first kappa shape index (κ1) is 24.3. The molecule has 0 aromatic rings. The lowest BCUT2D eigenvalue weighted by Crippen LogP contribution is -2.47. The van der Waals surface area contributed by atoms with Crippen molar-refractivity contribution in [2.45, 2.75) is 70.9 Å². The molecule has 0 fully saturated rings. The van der Waals surface area contributed by atoms with Crippen LogP contribution in [0, 0.1) is 0 Å². The summed E-state index contributed by atoms with van der Waals surface area (Å²) >= 11 is 0. The molecule has 0 heterocycles. The summed E-state index contributed by atoms with van der Waals surface area (Å²) in [4.78, 5) is 0. The zero-order valence-corrected chi connectivity index (χ0v) is 18.2. The monoisotopic (exact) mass is 370 g/mol. The highest BCUT2D eigenvalue weighted by atomic mass is 28.4. The van der Waals surface area contributed by atoms with Crippen molar-refractivity contribution in [2.75, 3.05) is 20.5 Å². The van der Waals surface area contributed by atoms with Crippen LogP contribution in [0.3, 0.4) is 0 Å². The normalized spacial score (nSPS) is 16.2. The highest BCUT2D eigenvalue weighted by molar-refractivity contribution is 6.74. The second-order valence-electron chi connectivity index (χ2n) is 7.87. The molecule has 0 radical (unpaired) electrons. The smallest absolute Gasteiger partial charge is 0.192 e. The molecule has 25 heavy (non-hydrogen) atoms. The number of hydrogen-bond acceptors (Lipinski definition) is 4. The van der Waals surface area contributed by atoms with Crippen molar-refractivity contribution in [3.05, 3.63) is 36.5 Å². The first-order valence-electron chi connectivity index (χ1n) is 8.93. The van der Waals surface area contributed by atoms with Gasteiger partial charge in [-0.1, -0.05) is 45.1 Å². The average molecular weight is 371 g/mol. The van der Waals surface area contributed by atoms with Gasteiger partial charge in [0.05, 0.1) is 12.7 Å². The van der Waals surface area contributed by atoms with Crippen LogP contribution in [0.2, 0.25) is 18.1 Å². The second kappa shape index (κ2) is 11.8. The summed E-state index contributed by atoms with van der Waals surface area (Å²) in [7, 11) is -0.303. The van der Waals surface area contributed by atoms with E-state index in [1.54, 1.807) is 13.2 Å². The molecule has 0 spiro atoms. The Hall–Kier alpha value is -0.723. The molecular weight excluding hydrogens is 332 g/mol. The fraction of sp³-hybridized carbons (Fsp3) is 0.700. The van der Waals surface area contributed by atoms with Gasteiger partial charge in [-0.2, -0.15) is 0 Å². The molecule has 1 N–H and O–H groups in total. The van der Waals surface area contributed by atoms with Crippen LogP contribution in [-0.2, 0) is 13.9 Å². The van der Waals surface area contributed by atoms with Crippen molar-refractivity contribution in [1.29, 1.82) is 0 Å². The SMILES string of the molecule is C=C[C@H](OCOC)[C@H](CC/C=C/C=C(\C)CO)O[Si](C)(C)C(C)(C)C. The quantitative estimate of drug-likeness (QED) is 0.231. The number of rotatable bonds is 12. The summed E-state index contributed by atoms with van der Waals surface area (Å²) in [6.45, 7) is 17.3. The Balaban J connectivity index is 5.03. The Bertz CT molecular complexity index is 435. The van der Waals surface area contributed by atoms with Gasteiger partial charge in [-0.05, 0) is 43.5 Å². The predicted octanol–water partition coefficient (Wildman–Crippen LogP) is 4.83. The van der Waals surface area contributed by atoms with E-state index in [2.05, 4.69) is 46.5 Å². The standard InChI is InChI=1S/C20H38O4Si/c1-9-18(23-16-22-6)19(24-25(7,8)20(3,4)5)14-12-10-11-13-17(2)15-21/h9-11,13,18-19,21H,1,12,14-16H2,2-8H3/b11-10+,17-13+/t18-,19-/m0/s1. The first-order valence-corrected chi connectivity index (χ1v) is 11.8. The van der Waals surface area contributed by atoms with Crippen LogP contribution in [0.5, 0.6) is 0 Å². The number of hydrogen-bond donors (Lipinski definition) is 1. The molecule has 0 rings (SSSR count). The number of aliphatic hydroxyl groups excluding tert-OH is 1. The third kappa shape index (κ3) is 9.52. The van der Waals surface area contributed by atoms with Crippen molar-refractivity contribution < 1.29 is 19.0 Å². The van der Waals surface area contributed by atoms with E-state index in [4.69, 9.17) is 19.0 Å². The van der Waals surface area contributed by atoms with Gasteiger partial charge in [0.25, 0.3) is 0 Å². The van der Waals surface area contributed by atoms with Crippen molar-refractivity contribution in [3.63, 3.8) is 0 Å². The molecule has 0 aromatic carbocycles. The average Bonchev–Trinajstić information content (AvgIpc) is 2.53. The van der Waals surface area contributed by atoms with Crippen LogP contribution in [0.1, 0.15) is 40.5 Å². The summed E-state index contributed by atoms with van der Waals surface area (Å²) in [6.07, 6.45) is 9.26. The number of methoxy groups -OCH3 is 1. The fourth-order valence-corrected chi connectivity index (χ4v) is 3.32. The molecule has 0 aliphatic carbocycles. The largest absolute Gasteiger partial charge is 0.411 e. The Labute approximate surface area is 155 Å². The maximum Gasteiger partial charge on any atom is 0.192 e. The summed E-state index contributed by atoms with van der Waals surface area (Å²) in [6, 6.07) is 0. The minimum Gasteiger partial charge on any atom is -0.411 e. The molecule has 5 heteroatoms. The summed E-state index contributed by atoms with van der Waals surface area (Å²) in [5.41, 5.74) is 0.942. The molecule has 0 amide bonds. The van der Waals surface area contributed by atoms with Gasteiger partial charge >= 0.3 is 0 Å². The van der Waals surface area contributed by atoms with Crippen LogP contribution in [-0.4, -0.2) is 46.1 Å². The molecule has 0 aliphatic rings. The first-order chi connectivity index (χ1) is 11.6. The number of ether oxygens (including phenoxy) is 2. The number of allylic oxidation sites excluding steroid dienone is 3. The van der Waals surface area contributed by atoms with Crippen LogP contribution in [0.4, 0.5) is 0 Å². The molecule has 0 saturated heterocycles. The van der Waals surface area contributed by atoms with E-state index >= 15 is 0 Å². The van der Waals surface area contributed by atoms with Crippen LogP contribution in [0.25, 0.3) is 0 Å². The van der Waals surface area contributed by atoms with Gasteiger partial charge < -0.3 is 19.0 Å². The molecule has 0 unspecified atom stereocenters. The maximum absolute atomic E-state index is 9.01. The summed E-state index contributed by atoms with van der Waals surface area (Å²) in [5, 5.41) is 9.15. The molecule has 4 nitrogen and oxygen atoms in total. The van der Waals surface area contributed by atoms with Gasteiger partial charge in [0.1, 0.15) is 12.9 Å². The lowest BCUT2D eigenvalue weighted by Gasteiger charge is -2.40. The highest BCUT2D eigenvalue weighted by Gasteiger charge is 2.40. The molecule has 0 saturated carbocycles. The Kier molecular flexibility index (Phi) is 11.5. The van der Waals surface area contributed by atoms with E-state index in [0.29, 0.717) is 0 Å². The van der Waals surface area contributed by atoms with Crippen molar-refractivity contribution in [2.24, 2.45) is 0 Å². The topological polar surface area (TPSA) is 47.9 Å². The van der Waals surface area contributed by atoms with Crippen molar-refractivity contribution in [1.82, 2.24) is 0 Å². The second-order valence-corrected chi connectivity index (χ2v) is 12.6. The minimum atomic E-state index is -1.92. The van der Waals surface area contributed by atoms with Crippen LogP contribution < -0.4 is 0 Å². The molecular formula is C20H38O4Si. The van der Waals surface area contributed by atoms with Gasteiger partial charge in [-0.15, -0.1) is 6.58 Å². The van der Waals surface area contributed by atoms with E-state index < -0.39 is 8.32 Å². The lowest BCUT2D eigenvalue weighted by atomic mass is 10.1. The molecule has 0 bridgehead atoms. The Morgan fingerprint density at radius 3 is 2.40 bits per heavy atom. The predicted molar refractivity (Wildman–Crippen MR) is 108 cm³/mol. The van der Waals surface area contributed by atoms with E-state index in [-0.39, 0.29) is 30.6 Å². The van der Waals surface area contributed by atoms with Crippen LogP contribution in [0.15, 0.2) is 36.5 Å². The van der Waals surface area contributed by atoms with Crippen molar-refractivity contribution >= 4 is 8.32 Å². The minimum absolute atomic E-state index is 0.0545. The van der Waals surface area contributed by atoms with E-state index in [1.807, 2.05) is 19.1 Å². The van der Waals surface area contributed by atoms with E-state index in [0.717, 1.165) is 18.4 Å². The van der Waals surface area contributed by atoms with Crippen LogP contribution >= 0.6 is 0 Å². The third-order valence-electron chi connectivity index (χ3n) is 4.61. The molecule has 0 aliphatic heterocycles. The van der Waals surface area contributed by atoms with Gasteiger partial charge in [0.2, 0.25) is 0 Å². The Morgan fingerprint density at radius 2 is 1.92 bits per heavy atom. The van der Waals surface area contributed by atoms with Gasteiger partial charge in [-0.25, -0.2) is 0 Å².